The van der Waals surface area contributed by atoms with Gasteiger partial charge in [0.2, 0.25) is 0 Å². The molecule has 1 aliphatic rings. The maximum Gasteiger partial charge on any atom is 0.155 e. The highest BCUT2D eigenvalue weighted by Gasteiger charge is 2.30. The first-order valence-electron chi connectivity index (χ1n) is 4.44. The SMILES string of the molecule is CCC(C)(C)C1=NOC(CO)C1. The average molecular weight is 171 g/mol. The summed E-state index contributed by atoms with van der Waals surface area (Å²) in [6, 6.07) is 0. The third-order valence-corrected chi connectivity index (χ3v) is 2.60. The summed E-state index contributed by atoms with van der Waals surface area (Å²) in [6.45, 7) is 6.49. The normalized spacial score (nSPS) is 23.7. The first-order chi connectivity index (χ1) is 5.60. The summed E-state index contributed by atoms with van der Waals surface area (Å²) in [6.07, 6.45) is 1.72. The van der Waals surface area contributed by atoms with Gasteiger partial charge in [0.15, 0.2) is 6.10 Å². The third-order valence-electron chi connectivity index (χ3n) is 2.60. The predicted octanol–water partition coefficient (Wildman–Crippen LogP) is 1.56. The van der Waals surface area contributed by atoms with Crippen molar-refractivity contribution in [2.45, 2.75) is 39.7 Å². The van der Waals surface area contributed by atoms with E-state index >= 15 is 0 Å². The van der Waals surface area contributed by atoms with Crippen LogP contribution in [0, 0.1) is 5.41 Å². The van der Waals surface area contributed by atoms with Crippen molar-refractivity contribution in [2.75, 3.05) is 6.61 Å². The summed E-state index contributed by atoms with van der Waals surface area (Å²) in [5, 5.41) is 12.8. The molecule has 0 amide bonds. The molecule has 1 aliphatic heterocycles. The molecule has 0 aromatic heterocycles. The molecule has 12 heavy (non-hydrogen) atoms. The number of aliphatic hydroxyl groups excluding tert-OH is 1. The quantitative estimate of drug-likeness (QED) is 0.700. The van der Waals surface area contributed by atoms with Gasteiger partial charge in [-0.2, -0.15) is 0 Å². The Balaban J connectivity index is 2.56. The van der Waals surface area contributed by atoms with Crippen molar-refractivity contribution in [2.24, 2.45) is 10.6 Å². The monoisotopic (exact) mass is 171 g/mol. The summed E-state index contributed by atoms with van der Waals surface area (Å²) in [7, 11) is 0. The van der Waals surface area contributed by atoms with Crippen molar-refractivity contribution in [1.82, 2.24) is 0 Å². The van der Waals surface area contributed by atoms with Gasteiger partial charge in [-0.05, 0) is 6.42 Å². The fourth-order valence-electron chi connectivity index (χ4n) is 1.13. The Bertz CT molecular complexity index is 187. The largest absolute Gasteiger partial charge is 0.392 e. The lowest BCUT2D eigenvalue weighted by molar-refractivity contribution is 0.0390. The number of hydrogen-bond donors (Lipinski definition) is 1. The second-order valence-corrected chi connectivity index (χ2v) is 3.89. The molecule has 0 aromatic rings. The summed E-state index contributed by atoms with van der Waals surface area (Å²) in [5.41, 5.74) is 1.19. The third kappa shape index (κ3) is 1.78. The lowest BCUT2D eigenvalue weighted by Gasteiger charge is -2.21. The molecule has 1 unspecified atom stereocenters. The van der Waals surface area contributed by atoms with E-state index < -0.39 is 0 Å². The molecule has 0 saturated carbocycles. The number of nitrogens with zero attached hydrogens (tertiary/aromatic N) is 1. The van der Waals surface area contributed by atoms with Crippen LogP contribution in [0.5, 0.6) is 0 Å². The molecule has 1 N–H and O–H groups in total. The number of hydrogen-bond acceptors (Lipinski definition) is 3. The summed E-state index contributed by atoms with van der Waals surface area (Å²) < 4.78 is 0. The highest BCUT2D eigenvalue weighted by Crippen LogP contribution is 2.28. The molecule has 3 heteroatoms. The fourth-order valence-corrected chi connectivity index (χ4v) is 1.13. The van der Waals surface area contributed by atoms with Crippen LogP contribution in [0.15, 0.2) is 5.16 Å². The molecule has 0 radical (unpaired) electrons. The molecule has 1 heterocycles. The summed E-state index contributed by atoms with van der Waals surface area (Å²) in [4.78, 5) is 5.04. The van der Waals surface area contributed by atoms with E-state index in [1.807, 2.05) is 0 Å². The molecular weight excluding hydrogens is 154 g/mol. The molecular formula is C9H17NO2. The van der Waals surface area contributed by atoms with Gasteiger partial charge in [-0.15, -0.1) is 0 Å². The van der Waals surface area contributed by atoms with Gasteiger partial charge in [-0.1, -0.05) is 25.9 Å². The van der Waals surface area contributed by atoms with Gasteiger partial charge in [0, 0.05) is 11.8 Å². The lowest BCUT2D eigenvalue weighted by Crippen LogP contribution is -2.24. The molecule has 0 aliphatic carbocycles. The Morgan fingerprint density at radius 2 is 2.33 bits per heavy atom. The second kappa shape index (κ2) is 3.44. The van der Waals surface area contributed by atoms with Crippen LogP contribution >= 0.6 is 0 Å². The zero-order valence-electron chi connectivity index (χ0n) is 8.00. The second-order valence-electron chi connectivity index (χ2n) is 3.89. The van der Waals surface area contributed by atoms with Gasteiger partial charge < -0.3 is 9.94 Å². The maximum atomic E-state index is 8.82. The Morgan fingerprint density at radius 3 is 2.75 bits per heavy atom. The molecule has 70 valence electrons. The Morgan fingerprint density at radius 1 is 1.67 bits per heavy atom. The minimum atomic E-state index is -0.106. The summed E-state index contributed by atoms with van der Waals surface area (Å²) >= 11 is 0. The van der Waals surface area contributed by atoms with Crippen LogP contribution in [0.4, 0.5) is 0 Å². The highest BCUT2D eigenvalue weighted by atomic mass is 16.6. The van der Waals surface area contributed by atoms with Crippen LogP contribution in [0.1, 0.15) is 33.6 Å². The number of oxime groups is 1. The zero-order valence-corrected chi connectivity index (χ0v) is 8.00. The topological polar surface area (TPSA) is 41.8 Å². The molecule has 0 spiro atoms. The predicted molar refractivity (Wildman–Crippen MR) is 48.1 cm³/mol. The van der Waals surface area contributed by atoms with E-state index in [2.05, 4.69) is 25.9 Å². The number of aliphatic hydroxyl groups is 1. The van der Waals surface area contributed by atoms with Gasteiger partial charge in [0.05, 0.1) is 12.3 Å². The zero-order chi connectivity index (χ0) is 9.19. The van der Waals surface area contributed by atoms with Crippen LogP contribution in [0.2, 0.25) is 0 Å². The standard InChI is InChI=1S/C9H17NO2/c1-4-9(2,3)8-5-7(6-11)12-10-8/h7,11H,4-6H2,1-3H3. The van der Waals surface area contributed by atoms with Crippen molar-refractivity contribution in [3.8, 4) is 0 Å². The van der Waals surface area contributed by atoms with Gasteiger partial charge >= 0.3 is 0 Å². The number of rotatable bonds is 3. The maximum absolute atomic E-state index is 8.82. The van der Waals surface area contributed by atoms with E-state index in [4.69, 9.17) is 9.94 Å². The van der Waals surface area contributed by atoms with E-state index in [-0.39, 0.29) is 18.1 Å². The van der Waals surface area contributed by atoms with Gasteiger partial charge in [-0.25, -0.2) is 0 Å². The van der Waals surface area contributed by atoms with Crippen molar-refractivity contribution in [1.29, 1.82) is 0 Å². The van der Waals surface area contributed by atoms with E-state index in [1.54, 1.807) is 0 Å². The molecule has 0 bridgehead atoms. The van der Waals surface area contributed by atoms with Crippen molar-refractivity contribution < 1.29 is 9.94 Å². The van der Waals surface area contributed by atoms with Crippen molar-refractivity contribution >= 4 is 5.71 Å². The Hall–Kier alpha value is -0.570. The van der Waals surface area contributed by atoms with E-state index in [1.165, 1.54) is 0 Å². The van der Waals surface area contributed by atoms with Crippen LogP contribution in [-0.2, 0) is 4.84 Å². The molecule has 0 saturated heterocycles. The van der Waals surface area contributed by atoms with E-state index in [0.717, 1.165) is 18.6 Å². The Kier molecular flexibility index (Phi) is 2.73. The first kappa shape index (κ1) is 9.52. The molecule has 0 fully saturated rings. The van der Waals surface area contributed by atoms with Crippen molar-refractivity contribution in [3.63, 3.8) is 0 Å². The molecule has 1 rings (SSSR count). The minimum absolute atomic E-state index is 0.0623. The minimum Gasteiger partial charge on any atom is -0.392 e. The smallest absolute Gasteiger partial charge is 0.155 e. The average Bonchev–Trinajstić information content (AvgIpc) is 2.52. The van der Waals surface area contributed by atoms with Crippen LogP contribution < -0.4 is 0 Å². The molecule has 3 nitrogen and oxygen atoms in total. The van der Waals surface area contributed by atoms with Gasteiger partial charge in [0.25, 0.3) is 0 Å². The molecule has 1 atom stereocenters. The fraction of sp³-hybridized carbons (Fsp3) is 0.889. The van der Waals surface area contributed by atoms with Gasteiger partial charge in [0.1, 0.15) is 0 Å². The van der Waals surface area contributed by atoms with Crippen LogP contribution in [-0.4, -0.2) is 23.5 Å². The van der Waals surface area contributed by atoms with Crippen molar-refractivity contribution in [3.05, 3.63) is 0 Å². The van der Waals surface area contributed by atoms with E-state index in [0.29, 0.717) is 0 Å². The summed E-state index contributed by atoms with van der Waals surface area (Å²) in [5.74, 6) is 0. The lowest BCUT2D eigenvalue weighted by atomic mass is 9.82. The van der Waals surface area contributed by atoms with Gasteiger partial charge in [-0.3, -0.25) is 0 Å². The molecule has 0 aromatic carbocycles. The Labute approximate surface area is 73.4 Å². The highest BCUT2D eigenvalue weighted by molar-refractivity contribution is 5.90. The first-order valence-corrected chi connectivity index (χ1v) is 4.44. The van der Waals surface area contributed by atoms with E-state index in [9.17, 15) is 0 Å². The van der Waals surface area contributed by atoms with Crippen LogP contribution in [0.3, 0.4) is 0 Å². The van der Waals surface area contributed by atoms with Crippen LogP contribution in [0.25, 0.3) is 0 Å².